The van der Waals surface area contributed by atoms with Crippen molar-refractivity contribution in [3.05, 3.63) is 35.4 Å². The minimum Gasteiger partial charge on any atom is -0.382 e. The Hall–Kier alpha value is -2.08. The number of benzene rings is 1. The number of amides is 1. The molecule has 0 saturated heterocycles. The zero-order chi connectivity index (χ0) is 11.4. The minimum atomic E-state index is -0.810. The lowest BCUT2D eigenvalue weighted by Crippen LogP contribution is -2.28. The molecular weight excluding hydrogens is 194 g/mol. The van der Waals surface area contributed by atoms with Crippen LogP contribution in [0.1, 0.15) is 17.2 Å². The van der Waals surface area contributed by atoms with Crippen LogP contribution in [-0.2, 0) is 4.79 Å². The molecule has 1 unspecified atom stereocenters. The molecule has 80 valence electrons. The van der Waals surface area contributed by atoms with Gasteiger partial charge in [0.15, 0.2) is 0 Å². The van der Waals surface area contributed by atoms with Crippen molar-refractivity contribution in [3.63, 3.8) is 0 Å². The van der Waals surface area contributed by atoms with E-state index in [1.807, 2.05) is 0 Å². The fourth-order valence-electron chi connectivity index (χ4n) is 1.10. The van der Waals surface area contributed by atoms with Crippen molar-refractivity contribution in [3.8, 4) is 0 Å². The number of hydrogen-bond acceptors (Lipinski definition) is 4. The monoisotopic (exact) mass is 207 g/mol. The Labute approximate surface area is 86.9 Å². The zero-order valence-electron chi connectivity index (χ0n) is 8.05. The summed E-state index contributed by atoms with van der Waals surface area (Å²) in [6, 6.07) is 5.84. The summed E-state index contributed by atoms with van der Waals surface area (Å²) < 4.78 is 0. The van der Waals surface area contributed by atoms with Crippen LogP contribution >= 0.6 is 0 Å². The second-order valence-corrected chi connectivity index (χ2v) is 3.02. The maximum atomic E-state index is 10.8. The zero-order valence-corrected chi connectivity index (χ0v) is 8.05. The Morgan fingerprint density at radius 1 is 1.20 bits per heavy atom. The quantitative estimate of drug-likeness (QED) is 0.213. The maximum Gasteiger partial charge on any atom is 0.238 e. The molecule has 0 aliphatic heterocycles. The van der Waals surface area contributed by atoms with Crippen LogP contribution in [0.4, 0.5) is 0 Å². The summed E-state index contributed by atoms with van der Waals surface area (Å²) in [5, 5.41) is 3.34. The average molecular weight is 207 g/mol. The van der Waals surface area contributed by atoms with Crippen molar-refractivity contribution in [2.75, 3.05) is 0 Å². The lowest BCUT2D eigenvalue weighted by molar-refractivity contribution is -0.119. The molecule has 1 amide bonds. The van der Waals surface area contributed by atoms with Crippen molar-refractivity contribution in [1.82, 2.24) is 0 Å². The van der Waals surface area contributed by atoms with Crippen LogP contribution in [-0.4, -0.2) is 11.7 Å². The smallest absolute Gasteiger partial charge is 0.238 e. The van der Waals surface area contributed by atoms with Gasteiger partial charge in [-0.05, 0) is 5.56 Å². The van der Waals surface area contributed by atoms with Crippen LogP contribution in [0, 0.1) is 0 Å². The number of carbonyl (C=O) groups excluding carboxylic acids is 1. The van der Waals surface area contributed by atoms with Crippen molar-refractivity contribution in [1.29, 1.82) is 0 Å². The van der Waals surface area contributed by atoms with Gasteiger partial charge in [0, 0.05) is 5.56 Å². The molecule has 6 heteroatoms. The van der Waals surface area contributed by atoms with Crippen LogP contribution in [0.5, 0.6) is 0 Å². The summed E-state index contributed by atoms with van der Waals surface area (Å²) in [5.74, 6) is 4.65. The Morgan fingerprint density at radius 2 is 1.73 bits per heavy atom. The van der Waals surface area contributed by atoms with Crippen LogP contribution < -0.4 is 23.0 Å². The van der Waals surface area contributed by atoms with Crippen LogP contribution in [0.25, 0.3) is 0 Å². The van der Waals surface area contributed by atoms with E-state index in [0.717, 1.165) is 0 Å². The highest BCUT2D eigenvalue weighted by Crippen LogP contribution is 2.10. The molecule has 1 aromatic carbocycles. The first-order valence-electron chi connectivity index (χ1n) is 4.25. The van der Waals surface area contributed by atoms with Gasteiger partial charge >= 0.3 is 0 Å². The number of primary amides is 1. The number of carbonyl (C=O) groups is 1. The first-order chi connectivity index (χ1) is 7.06. The fourth-order valence-corrected chi connectivity index (χ4v) is 1.10. The third-order valence-corrected chi connectivity index (χ3v) is 2.01. The molecule has 0 aromatic heterocycles. The van der Waals surface area contributed by atoms with Crippen LogP contribution in [0.15, 0.2) is 29.4 Å². The Morgan fingerprint density at radius 3 is 2.13 bits per heavy atom. The molecule has 0 aliphatic rings. The summed E-state index contributed by atoms with van der Waals surface area (Å²) in [6.07, 6.45) is 0. The number of hydrazone groups is 1. The first-order valence-corrected chi connectivity index (χ1v) is 4.25. The maximum absolute atomic E-state index is 10.8. The number of nitrogens with two attached hydrogens (primary N) is 4. The summed E-state index contributed by atoms with van der Waals surface area (Å²) in [7, 11) is 0. The van der Waals surface area contributed by atoms with Gasteiger partial charge in [-0.1, -0.05) is 24.3 Å². The Bertz CT molecular complexity index is 384. The highest BCUT2D eigenvalue weighted by molar-refractivity contribution is 5.97. The molecule has 8 N–H and O–H groups in total. The minimum absolute atomic E-state index is 0.217. The number of hydrogen-bond donors (Lipinski definition) is 4. The van der Waals surface area contributed by atoms with E-state index in [1.165, 1.54) is 0 Å². The van der Waals surface area contributed by atoms with E-state index >= 15 is 0 Å². The van der Waals surface area contributed by atoms with Gasteiger partial charge in [-0.15, -0.1) is 0 Å². The molecule has 0 heterocycles. The van der Waals surface area contributed by atoms with E-state index in [2.05, 4.69) is 5.10 Å². The topological polar surface area (TPSA) is 134 Å². The predicted molar refractivity (Wildman–Crippen MR) is 57.5 cm³/mol. The molecule has 0 saturated carbocycles. The van der Waals surface area contributed by atoms with Crippen molar-refractivity contribution in [2.45, 2.75) is 6.04 Å². The highest BCUT2D eigenvalue weighted by Gasteiger charge is 2.11. The Balaban J connectivity index is 2.95. The third-order valence-electron chi connectivity index (χ3n) is 2.01. The van der Waals surface area contributed by atoms with Crippen molar-refractivity contribution in [2.24, 2.45) is 28.1 Å². The van der Waals surface area contributed by atoms with Crippen molar-refractivity contribution >= 4 is 11.7 Å². The largest absolute Gasteiger partial charge is 0.382 e. The molecule has 1 atom stereocenters. The molecule has 0 spiro atoms. The van der Waals surface area contributed by atoms with Crippen molar-refractivity contribution < 1.29 is 4.79 Å². The predicted octanol–water partition coefficient (Wildman–Crippen LogP) is -1.25. The molecule has 15 heavy (non-hydrogen) atoms. The second kappa shape index (κ2) is 4.43. The number of nitrogens with zero attached hydrogens (tertiary/aromatic N) is 1. The molecule has 0 fully saturated rings. The number of rotatable bonds is 3. The summed E-state index contributed by atoms with van der Waals surface area (Å²) >= 11 is 0. The highest BCUT2D eigenvalue weighted by atomic mass is 16.1. The second-order valence-electron chi connectivity index (χ2n) is 3.02. The van der Waals surface area contributed by atoms with Gasteiger partial charge in [-0.3, -0.25) is 4.79 Å². The van der Waals surface area contributed by atoms with Gasteiger partial charge in [-0.25, -0.2) is 0 Å². The van der Waals surface area contributed by atoms with Gasteiger partial charge in [0.25, 0.3) is 0 Å². The lowest BCUT2D eigenvalue weighted by Gasteiger charge is -2.08. The molecule has 1 rings (SSSR count). The number of amidine groups is 1. The normalized spacial score (nSPS) is 13.5. The van der Waals surface area contributed by atoms with Gasteiger partial charge in [0.1, 0.15) is 11.9 Å². The molecule has 0 aliphatic carbocycles. The molecular formula is C9H13N5O. The summed E-state index contributed by atoms with van der Waals surface area (Å²) in [5.41, 5.74) is 17.4. The molecule has 0 radical (unpaired) electrons. The molecule has 6 nitrogen and oxygen atoms in total. The van der Waals surface area contributed by atoms with E-state index in [4.69, 9.17) is 23.0 Å². The first kappa shape index (κ1) is 11.0. The van der Waals surface area contributed by atoms with E-state index in [0.29, 0.717) is 11.1 Å². The summed E-state index contributed by atoms with van der Waals surface area (Å²) in [4.78, 5) is 10.8. The van der Waals surface area contributed by atoms with Gasteiger partial charge < -0.3 is 23.0 Å². The van der Waals surface area contributed by atoms with Gasteiger partial charge in [-0.2, -0.15) is 5.10 Å². The van der Waals surface area contributed by atoms with Gasteiger partial charge in [0.2, 0.25) is 5.91 Å². The van der Waals surface area contributed by atoms with E-state index in [-0.39, 0.29) is 5.84 Å². The molecule has 1 aromatic rings. The molecule has 0 bridgehead atoms. The van der Waals surface area contributed by atoms with Gasteiger partial charge in [0.05, 0.1) is 0 Å². The SMILES string of the molecule is N/N=C(\N)c1ccc(C(N)C(N)=O)cc1. The van der Waals surface area contributed by atoms with Crippen LogP contribution in [0.2, 0.25) is 0 Å². The average Bonchev–Trinajstić information content (AvgIpc) is 2.27. The standard InChI is InChI=1S/C9H13N5O/c10-7(9(12)15)5-1-3-6(4-2-5)8(11)14-13/h1-4,7H,10,13H2,(H2,11,14)(H2,12,15). The third kappa shape index (κ3) is 2.44. The van der Waals surface area contributed by atoms with E-state index < -0.39 is 11.9 Å². The van der Waals surface area contributed by atoms with Crippen LogP contribution in [0.3, 0.4) is 0 Å². The fraction of sp³-hybridized carbons (Fsp3) is 0.111. The lowest BCUT2D eigenvalue weighted by atomic mass is 10.0. The Kier molecular flexibility index (Phi) is 3.25. The van der Waals surface area contributed by atoms with E-state index in [9.17, 15) is 4.79 Å². The van der Waals surface area contributed by atoms with E-state index in [1.54, 1.807) is 24.3 Å². The summed E-state index contributed by atoms with van der Waals surface area (Å²) in [6.45, 7) is 0.